The third-order valence-corrected chi connectivity index (χ3v) is 2.73. The Morgan fingerprint density at radius 2 is 1.86 bits per heavy atom. The monoisotopic (exact) mass is 192 g/mol. The molecule has 0 bridgehead atoms. The molecule has 1 atom stereocenters. The molecule has 0 aromatic carbocycles. The molecular formula is C13H20O. The number of carbonyl (C=O) groups is 1. The van der Waals surface area contributed by atoms with Gasteiger partial charge < -0.3 is 0 Å². The van der Waals surface area contributed by atoms with Gasteiger partial charge in [-0.3, -0.25) is 4.79 Å². The first kappa shape index (κ1) is 11.2. The van der Waals surface area contributed by atoms with E-state index in [2.05, 4.69) is 39.8 Å². The summed E-state index contributed by atoms with van der Waals surface area (Å²) in [5.41, 5.74) is 1.86. The molecule has 1 aliphatic rings. The summed E-state index contributed by atoms with van der Waals surface area (Å²) in [5, 5.41) is 0. The molecule has 1 rings (SSSR count). The summed E-state index contributed by atoms with van der Waals surface area (Å²) < 4.78 is 0. The fourth-order valence-corrected chi connectivity index (χ4v) is 1.77. The minimum atomic E-state index is -0.0278. The molecule has 1 aliphatic carbocycles. The first-order valence-electron chi connectivity index (χ1n) is 5.31. The highest BCUT2D eigenvalue weighted by atomic mass is 16.1. The van der Waals surface area contributed by atoms with Crippen LogP contribution in [0.1, 0.15) is 41.0 Å². The summed E-state index contributed by atoms with van der Waals surface area (Å²) in [5.74, 6) is 0.670. The van der Waals surface area contributed by atoms with Crippen LogP contribution in [0.25, 0.3) is 0 Å². The first-order chi connectivity index (χ1) is 6.36. The fourth-order valence-electron chi connectivity index (χ4n) is 1.77. The van der Waals surface area contributed by atoms with Crippen molar-refractivity contribution >= 4 is 5.78 Å². The molecule has 0 aromatic heterocycles. The van der Waals surface area contributed by atoms with Gasteiger partial charge >= 0.3 is 0 Å². The number of allylic oxidation sites excluding steroid dienone is 4. The molecule has 0 amide bonds. The predicted molar refractivity (Wildman–Crippen MR) is 60.1 cm³/mol. The quantitative estimate of drug-likeness (QED) is 0.621. The van der Waals surface area contributed by atoms with Gasteiger partial charge in [0, 0.05) is 5.57 Å². The Morgan fingerprint density at radius 1 is 1.29 bits per heavy atom. The van der Waals surface area contributed by atoms with Crippen molar-refractivity contribution in [3.63, 3.8) is 0 Å². The van der Waals surface area contributed by atoms with Crippen molar-refractivity contribution in [1.82, 2.24) is 0 Å². The van der Waals surface area contributed by atoms with Crippen LogP contribution >= 0.6 is 0 Å². The van der Waals surface area contributed by atoms with Crippen LogP contribution in [0.2, 0.25) is 0 Å². The van der Waals surface area contributed by atoms with Crippen LogP contribution in [-0.4, -0.2) is 5.78 Å². The zero-order valence-electron chi connectivity index (χ0n) is 9.85. The van der Waals surface area contributed by atoms with Gasteiger partial charge in [-0.05, 0) is 30.3 Å². The Bertz CT molecular complexity index is 300. The molecule has 0 N–H and O–H groups in total. The second-order valence-corrected chi connectivity index (χ2v) is 5.08. The zero-order chi connectivity index (χ0) is 10.9. The van der Waals surface area contributed by atoms with Gasteiger partial charge in [-0.1, -0.05) is 39.8 Å². The lowest BCUT2D eigenvalue weighted by Gasteiger charge is -2.27. The fraction of sp³-hybridized carbons (Fsp3) is 0.615. The van der Waals surface area contributed by atoms with E-state index < -0.39 is 0 Å². The predicted octanol–water partition coefficient (Wildman–Crippen LogP) is 3.51. The van der Waals surface area contributed by atoms with Crippen molar-refractivity contribution in [3.05, 3.63) is 23.3 Å². The number of ketones is 1. The van der Waals surface area contributed by atoms with E-state index in [1.54, 1.807) is 0 Å². The zero-order valence-corrected chi connectivity index (χ0v) is 9.85. The molecule has 0 spiro atoms. The smallest absolute Gasteiger partial charge is 0.184 e. The van der Waals surface area contributed by atoms with Crippen LogP contribution in [0, 0.1) is 11.3 Å². The summed E-state index contributed by atoms with van der Waals surface area (Å²) in [7, 11) is 0. The van der Waals surface area contributed by atoms with Crippen LogP contribution in [0.4, 0.5) is 0 Å². The third kappa shape index (κ3) is 2.14. The van der Waals surface area contributed by atoms with E-state index in [4.69, 9.17) is 0 Å². The Kier molecular flexibility index (Phi) is 2.98. The molecule has 0 aliphatic heterocycles. The Balaban J connectivity index is 3.06. The number of rotatable bonds is 1. The largest absolute Gasteiger partial charge is 0.289 e. The van der Waals surface area contributed by atoms with Crippen LogP contribution in [0.5, 0.6) is 0 Å². The molecule has 0 saturated carbocycles. The molecule has 14 heavy (non-hydrogen) atoms. The minimum absolute atomic E-state index is 0.0278. The van der Waals surface area contributed by atoms with E-state index >= 15 is 0 Å². The van der Waals surface area contributed by atoms with Gasteiger partial charge in [-0.2, -0.15) is 0 Å². The molecule has 0 aromatic rings. The molecule has 0 heterocycles. The molecule has 1 heteroatoms. The number of hydrogen-bond acceptors (Lipinski definition) is 1. The molecule has 1 unspecified atom stereocenters. The van der Waals surface area contributed by atoms with Crippen molar-refractivity contribution < 1.29 is 4.79 Å². The Labute approximate surface area is 86.9 Å². The summed E-state index contributed by atoms with van der Waals surface area (Å²) >= 11 is 0. The maximum absolute atomic E-state index is 11.9. The second-order valence-electron chi connectivity index (χ2n) is 5.08. The van der Waals surface area contributed by atoms with Crippen molar-refractivity contribution in [2.75, 3.05) is 0 Å². The summed E-state index contributed by atoms with van der Waals surface area (Å²) in [6.45, 7) is 10.4. The maximum Gasteiger partial charge on any atom is 0.184 e. The van der Waals surface area contributed by atoms with Gasteiger partial charge in [0.15, 0.2) is 5.78 Å². The van der Waals surface area contributed by atoms with Crippen LogP contribution < -0.4 is 0 Å². The highest BCUT2D eigenvalue weighted by Gasteiger charge is 2.28. The summed E-state index contributed by atoms with van der Waals surface area (Å²) in [6.07, 6.45) is 5.29. The van der Waals surface area contributed by atoms with Gasteiger partial charge in [0.25, 0.3) is 0 Å². The van der Waals surface area contributed by atoms with E-state index in [1.807, 2.05) is 6.92 Å². The van der Waals surface area contributed by atoms with Crippen molar-refractivity contribution in [3.8, 4) is 0 Å². The average molecular weight is 192 g/mol. The van der Waals surface area contributed by atoms with Gasteiger partial charge in [0.05, 0.1) is 0 Å². The van der Waals surface area contributed by atoms with E-state index in [0.717, 1.165) is 17.6 Å². The molecule has 1 nitrogen and oxygen atoms in total. The van der Waals surface area contributed by atoms with Gasteiger partial charge in [-0.25, -0.2) is 0 Å². The molecule has 0 radical (unpaired) electrons. The van der Waals surface area contributed by atoms with Crippen LogP contribution in [0.3, 0.4) is 0 Å². The topological polar surface area (TPSA) is 17.1 Å². The molecule has 78 valence electrons. The van der Waals surface area contributed by atoms with Crippen molar-refractivity contribution in [2.45, 2.75) is 41.0 Å². The lowest BCUT2D eigenvalue weighted by molar-refractivity contribution is -0.113. The number of Topliss-reactive ketones (excluding diaryl/α,β-unsaturated/α-hetero) is 1. The molecule has 0 saturated heterocycles. The van der Waals surface area contributed by atoms with Crippen LogP contribution in [0.15, 0.2) is 23.3 Å². The highest BCUT2D eigenvalue weighted by molar-refractivity contribution is 6.09. The number of hydrogen-bond donors (Lipinski definition) is 0. The first-order valence-corrected chi connectivity index (χ1v) is 5.31. The van der Waals surface area contributed by atoms with E-state index in [0.29, 0.717) is 5.92 Å². The van der Waals surface area contributed by atoms with Gasteiger partial charge in [0.1, 0.15) is 0 Å². The summed E-state index contributed by atoms with van der Waals surface area (Å²) in [4.78, 5) is 11.9. The summed E-state index contributed by atoms with van der Waals surface area (Å²) in [6, 6.07) is 0. The van der Waals surface area contributed by atoms with Crippen LogP contribution in [-0.2, 0) is 4.79 Å². The minimum Gasteiger partial charge on any atom is -0.289 e. The second kappa shape index (κ2) is 3.72. The maximum atomic E-state index is 11.9. The lowest BCUT2D eigenvalue weighted by Crippen LogP contribution is -2.22. The van der Waals surface area contributed by atoms with Gasteiger partial charge in [0.2, 0.25) is 0 Å². The SMILES string of the molecule is CCC1C=C(C)C(=O)C(C(C)(C)C)=C1. The number of carbonyl (C=O) groups excluding carboxylic acids is 1. The van der Waals surface area contributed by atoms with E-state index in [1.165, 1.54) is 0 Å². The van der Waals surface area contributed by atoms with E-state index in [-0.39, 0.29) is 11.2 Å². The van der Waals surface area contributed by atoms with Gasteiger partial charge in [-0.15, -0.1) is 0 Å². The molecular weight excluding hydrogens is 172 g/mol. The normalized spacial score (nSPS) is 23.2. The lowest BCUT2D eigenvalue weighted by atomic mass is 9.77. The highest BCUT2D eigenvalue weighted by Crippen LogP contribution is 2.33. The van der Waals surface area contributed by atoms with E-state index in [9.17, 15) is 4.79 Å². The van der Waals surface area contributed by atoms with Crippen molar-refractivity contribution in [2.24, 2.45) is 11.3 Å². The Morgan fingerprint density at radius 3 is 2.29 bits per heavy atom. The molecule has 0 fully saturated rings. The Hall–Kier alpha value is -0.850. The standard InChI is InChI=1S/C13H20O/c1-6-10-7-9(2)12(14)11(8-10)13(3,4)5/h7-8,10H,6H2,1-5H3. The average Bonchev–Trinajstić information content (AvgIpc) is 2.07. The van der Waals surface area contributed by atoms with Crippen molar-refractivity contribution in [1.29, 1.82) is 0 Å². The third-order valence-electron chi connectivity index (χ3n) is 2.73.